The number of nitrogens with zero attached hydrogens (tertiary/aromatic N) is 3. The van der Waals surface area contributed by atoms with E-state index in [4.69, 9.17) is 4.74 Å². The normalized spacial score (nSPS) is 19.9. The Morgan fingerprint density at radius 2 is 1.62 bits per heavy atom. The Balaban J connectivity index is 1.24. The molecule has 0 atom stereocenters. The molecule has 1 amide bonds. The van der Waals surface area contributed by atoms with Crippen molar-refractivity contribution < 1.29 is 13.9 Å². The molecule has 2 heterocycles. The van der Waals surface area contributed by atoms with E-state index < -0.39 is 0 Å². The first-order valence-electron chi connectivity index (χ1n) is 15.0. The molecule has 2 saturated heterocycles. The van der Waals surface area contributed by atoms with Gasteiger partial charge in [-0.2, -0.15) is 0 Å². The number of ether oxygens (including phenoxy) is 1. The number of halogens is 1. The van der Waals surface area contributed by atoms with Crippen molar-refractivity contribution in [2.45, 2.75) is 71.3 Å². The number of carbonyl (C=O) groups is 1. The molecule has 6 heteroatoms. The predicted molar refractivity (Wildman–Crippen MR) is 157 cm³/mol. The average Bonchev–Trinajstić information content (AvgIpc) is 3.45. The molecule has 2 aromatic carbocycles. The lowest BCUT2D eigenvalue weighted by Gasteiger charge is -2.35. The van der Waals surface area contributed by atoms with Crippen molar-refractivity contribution in [3.63, 3.8) is 0 Å². The van der Waals surface area contributed by atoms with Crippen molar-refractivity contribution in [3.05, 3.63) is 59.4 Å². The maximum atomic E-state index is 15.3. The highest BCUT2D eigenvalue weighted by molar-refractivity contribution is 5.95. The van der Waals surface area contributed by atoms with Gasteiger partial charge >= 0.3 is 0 Å². The Hall–Kier alpha value is -2.44. The molecule has 5 nitrogen and oxygen atoms in total. The number of likely N-dealkylation sites (tertiary alicyclic amines) is 1. The first-order valence-corrected chi connectivity index (χ1v) is 15.0. The highest BCUT2D eigenvalue weighted by atomic mass is 19.1. The lowest BCUT2D eigenvalue weighted by Crippen LogP contribution is -2.44. The molecular weight excluding hydrogens is 489 g/mol. The molecule has 212 valence electrons. The van der Waals surface area contributed by atoms with Gasteiger partial charge in [-0.05, 0) is 79.4 Å². The summed E-state index contributed by atoms with van der Waals surface area (Å²) in [4.78, 5) is 20.4. The summed E-state index contributed by atoms with van der Waals surface area (Å²) in [5, 5.41) is 0. The van der Waals surface area contributed by atoms with Crippen LogP contribution in [0.2, 0.25) is 0 Å². The zero-order valence-electron chi connectivity index (χ0n) is 24.1. The molecular formula is C33H46FN3O2. The monoisotopic (exact) mass is 535 g/mol. The van der Waals surface area contributed by atoms with Crippen LogP contribution in [0.1, 0.15) is 70.4 Å². The van der Waals surface area contributed by atoms with Crippen LogP contribution in [0.15, 0.2) is 42.5 Å². The van der Waals surface area contributed by atoms with Crippen molar-refractivity contribution in [1.82, 2.24) is 4.90 Å². The molecule has 0 aromatic heterocycles. The molecule has 1 aliphatic carbocycles. The average molecular weight is 536 g/mol. The van der Waals surface area contributed by atoms with Crippen LogP contribution in [0.25, 0.3) is 0 Å². The topological polar surface area (TPSA) is 36.0 Å². The van der Waals surface area contributed by atoms with E-state index in [0.717, 1.165) is 45.3 Å². The standard InChI is InChI=1S/C33H46FN3O2/c1-33(2,3)28-10-8-26(9-11-28)23-35-16-14-27(15-17-35)32(38)37(24-25-6-4-5-7-25)29-12-13-31(30(34)22-29)36-18-20-39-21-19-36/h8-13,22,25,27H,4-7,14-21,23-24H2,1-3H3. The first kappa shape index (κ1) is 28.1. The molecule has 1 saturated carbocycles. The Labute approximate surface area is 234 Å². The number of hydrogen-bond acceptors (Lipinski definition) is 4. The van der Waals surface area contributed by atoms with E-state index >= 15 is 4.39 Å². The second kappa shape index (κ2) is 12.4. The molecule has 0 radical (unpaired) electrons. The molecule has 3 aliphatic rings. The maximum absolute atomic E-state index is 15.3. The van der Waals surface area contributed by atoms with Gasteiger partial charge in [0.2, 0.25) is 5.91 Å². The minimum atomic E-state index is -0.245. The SMILES string of the molecule is CC(C)(C)c1ccc(CN2CCC(C(=O)N(CC3CCCC3)c3ccc(N4CCOCC4)c(F)c3)CC2)cc1. The second-order valence-electron chi connectivity index (χ2n) is 12.8. The van der Waals surface area contributed by atoms with Gasteiger partial charge in [0.15, 0.2) is 0 Å². The molecule has 0 N–H and O–H groups in total. The summed E-state index contributed by atoms with van der Waals surface area (Å²) in [5.74, 6) is 0.431. The minimum Gasteiger partial charge on any atom is -0.378 e. The van der Waals surface area contributed by atoms with Crippen molar-refractivity contribution >= 4 is 17.3 Å². The number of anilines is 2. The van der Waals surface area contributed by atoms with Crippen LogP contribution in [0.5, 0.6) is 0 Å². The summed E-state index contributed by atoms with van der Waals surface area (Å²) in [5.41, 5.74) is 4.16. The Morgan fingerprint density at radius 3 is 2.23 bits per heavy atom. The largest absolute Gasteiger partial charge is 0.378 e. The number of rotatable bonds is 7. The third-order valence-corrected chi connectivity index (χ3v) is 8.94. The number of carbonyl (C=O) groups excluding carboxylic acids is 1. The summed E-state index contributed by atoms with van der Waals surface area (Å²) < 4.78 is 20.8. The van der Waals surface area contributed by atoms with E-state index in [1.165, 1.54) is 24.0 Å². The van der Waals surface area contributed by atoms with E-state index in [0.29, 0.717) is 50.1 Å². The second-order valence-corrected chi connectivity index (χ2v) is 12.8. The molecule has 0 unspecified atom stereocenters. The van der Waals surface area contributed by atoms with Gasteiger partial charge in [-0.1, -0.05) is 57.9 Å². The summed E-state index contributed by atoms with van der Waals surface area (Å²) >= 11 is 0. The molecule has 5 rings (SSSR count). The van der Waals surface area contributed by atoms with Crippen LogP contribution in [-0.4, -0.2) is 56.7 Å². The third-order valence-electron chi connectivity index (χ3n) is 8.94. The zero-order valence-corrected chi connectivity index (χ0v) is 24.1. The van der Waals surface area contributed by atoms with Crippen molar-refractivity contribution in [2.24, 2.45) is 11.8 Å². The van der Waals surface area contributed by atoms with Crippen LogP contribution in [0, 0.1) is 17.7 Å². The summed E-state index contributed by atoms with van der Waals surface area (Å²) in [6, 6.07) is 14.4. The molecule has 0 bridgehead atoms. The number of piperidine rings is 1. The molecule has 2 aromatic rings. The van der Waals surface area contributed by atoms with Gasteiger partial charge in [-0.3, -0.25) is 9.69 Å². The molecule has 2 aliphatic heterocycles. The van der Waals surface area contributed by atoms with Crippen molar-refractivity contribution in [3.8, 4) is 0 Å². The summed E-state index contributed by atoms with van der Waals surface area (Å²) in [7, 11) is 0. The van der Waals surface area contributed by atoms with Crippen LogP contribution in [0.3, 0.4) is 0 Å². The van der Waals surface area contributed by atoms with Crippen molar-refractivity contribution in [2.75, 3.05) is 55.7 Å². The van der Waals surface area contributed by atoms with E-state index in [9.17, 15) is 4.79 Å². The number of morpholine rings is 1. The van der Waals surface area contributed by atoms with E-state index in [1.807, 2.05) is 21.9 Å². The summed E-state index contributed by atoms with van der Waals surface area (Å²) in [6.07, 6.45) is 6.48. The zero-order chi connectivity index (χ0) is 27.4. The highest BCUT2D eigenvalue weighted by Gasteiger charge is 2.32. The Kier molecular flexibility index (Phi) is 8.92. The molecule has 3 fully saturated rings. The van der Waals surface area contributed by atoms with Crippen LogP contribution in [-0.2, 0) is 21.5 Å². The van der Waals surface area contributed by atoms with Gasteiger partial charge in [0, 0.05) is 37.8 Å². The Morgan fingerprint density at radius 1 is 0.949 bits per heavy atom. The molecule has 39 heavy (non-hydrogen) atoms. The van der Waals surface area contributed by atoms with E-state index in [1.54, 1.807) is 6.07 Å². The van der Waals surface area contributed by atoms with Gasteiger partial charge in [0.1, 0.15) is 5.82 Å². The van der Waals surface area contributed by atoms with E-state index in [2.05, 4.69) is 49.9 Å². The van der Waals surface area contributed by atoms with Crippen LogP contribution >= 0.6 is 0 Å². The van der Waals surface area contributed by atoms with E-state index in [-0.39, 0.29) is 23.1 Å². The molecule has 0 spiro atoms. The number of benzene rings is 2. The highest BCUT2D eigenvalue weighted by Crippen LogP contribution is 2.33. The van der Waals surface area contributed by atoms with Crippen LogP contribution in [0.4, 0.5) is 15.8 Å². The number of hydrogen-bond donors (Lipinski definition) is 0. The van der Waals surface area contributed by atoms with Gasteiger partial charge < -0.3 is 14.5 Å². The van der Waals surface area contributed by atoms with Gasteiger partial charge in [0.05, 0.1) is 18.9 Å². The van der Waals surface area contributed by atoms with Gasteiger partial charge in [-0.15, -0.1) is 0 Å². The number of amides is 1. The smallest absolute Gasteiger partial charge is 0.230 e. The quantitative estimate of drug-likeness (QED) is 0.411. The lowest BCUT2D eigenvalue weighted by atomic mass is 9.86. The van der Waals surface area contributed by atoms with Gasteiger partial charge in [0.25, 0.3) is 0 Å². The first-order chi connectivity index (χ1) is 18.8. The van der Waals surface area contributed by atoms with Gasteiger partial charge in [-0.25, -0.2) is 4.39 Å². The fraction of sp³-hybridized carbons (Fsp3) is 0.606. The fourth-order valence-electron chi connectivity index (χ4n) is 6.42. The maximum Gasteiger partial charge on any atom is 0.230 e. The summed E-state index contributed by atoms with van der Waals surface area (Å²) in [6.45, 7) is 12.8. The lowest BCUT2D eigenvalue weighted by molar-refractivity contribution is -0.124. The van der Waals surface area contributed by atoms with Crippen molar-refractivity contribution in [1.29, 1.82) is 0 Å². The van der Waals surface area contributed by atoms with Crippen LogP contribution < -0.4 is 9.80 Å². The third kappa shape index (κ3) is 7.01. The predicted octanol–water partition coefficient (Wildman–Crippen LogP) is 6.40. The fourth-order valence-corrected chi connectivity index (χ4v) is 6.42. The minimum absolute atomic E-state index is 0.00657. The Bertz CT molecular complexity index is 1090.